The predicted molar refractivity (Wildman–Crippen MR) is 117 cm³/mol. The van der Waals surface area contributed by atoms with Crippen LogP contribution < -0.4 is 14.8 Å². The van der Waals surface area contributed by atoms with Gasteiger partial charge in [-0.1, -0.05) is 5.16 Å². The zero-order valence-electron chi connectivity index (χ0n) is 18.1. The van der Waals surface area contributed by atoms with Crippen molar-refractivity contribution in [3.8, 4) is 22.8 Å². The minimum atomic E-state index is -0.0607. The molecule has 1 saturated heterocycles. The molecule has 166 valence electrons. The number of aryl methyl sites for hydroxylation is 2. The van der Waals surface area contributed by atoms with Gasteiger partial charge in [-0.2, -0.15) is 0 Å². The van der Waals surface area contributed by atoms with E-state index in [0.717, 1.165) is 48.7 Å². The summed E-state index contributed by atoms with van der Waals surface area (Å²) >= 11 is 0. The van der Waals surface area contributed by atoms with Gasteiger partial charge in [0.15, 0.2) is 17.3 Å². The van der Waals surface area contributed by atoms with Crippen LogP contribution in [0.25, 0.3) is 11.3 Å². The van der Waals surface area contributed by atoms with Crippen molar-refractivity contribution in [2.75, 3.05) is 31.7 Å². The van der Waals surface area contributed by atoms with E-state index in [9.17, 15) is 4.79 Å². The Labute approximate surface area is 185 Å². The van der Waals surface area contributed by atoms with Crippen LogP contribution in [0.5, 0.6) is 11.5 Å². The Morgan fingerprint density at radius 1 is 1.22 bits per heavy atom. The van der Waals surface area contributed by atoms with Gasteiger partial charge in [0.1, 0.15) is 5.82 Å². The lowest BCUT2D eigenvalue weighted by atomic mass is 9.91. The summed E-state index contributed by atoms with van der Waals surface area (Å²) in [7, 11) is 0. The lowest BCUT2D eigenvalue weighted by Crippen LogP contribution is -2.40. The quantitative estimate of drug-likeness (QED) is 0.651. The largest absolute Gasteiger partial charge is 0.454 e. The fraction of sp³-hybridized carbons (Fsp3) is 0.391. The number of nitrogens with one attached hydrogen (secondary N) is 1. The number of anilines is 1. The lowest BCUT2D eigenvalue weighted by molar-refractivity contribution is -0.117. The van der Waals surface area contributed by atoms with Crippen LogP contribution in [0.1, 0.15) is 36.0 Å². The number of rotatable bonds is 5. The normalized spacial score (nSPS) is 18.0. The maximum atomic E-state index is 12.7. The molecule has 3 aromatic rings. The highest BCUT2D eigenvalue weighted by Gasteiger charge is 2.27. The van der Waals surface area contributed by atoms with Crippen LogP contribution >= 0.6 is 0 Å². The first kappa shape index (κ1) is 20.4. The van der Waals surface area contributed by atoms with Crippen molar-refractivity contribution >= 4 is 11.6 Å². The third-order valence-electron chi connectivity index (χ3n) is 5.75. The summed E-state index contributed by atoms with van der Waals surface area (Å²) in [4.78, 5) is 24.0. The number of aromatic nitrogens is 3. The Kier molecular flexibility index (Phi) is 5.48. The van der Waals surface area contributed by atoms with E-state index in [-0.39, 0.29) is 18.6 Å². The minimum absolute atomic E-state index is 0.0607. The molecule has 0 radical (unpaired) electrons. The number of hydrogen-bond donors (Lipinski definition) is 1. The summed E-state index contributed by atoms with van der Waals surface area (Å²) in [6, 6.07) is 7.31. The Bertz CT molecular complexity index is 1150. The third kappa shape index (κ3) is 4.29. The lowest BCUT2D eigenvalue weighted by Gasteiger charge is -2.32. The van der Waals surface area contributed by atoms with Crippen LogP contribution in [0.4, 0.5) is 5.69 Å². The van der Waals surface area contributed by atoms with Crippen molar-refractivity contribution in [1.29, 1.82) is 0 Å². The van der Waals surface area contributed by atoms with Crippen molar-refractivity contribution in [2.45, 2.75) is 32.6 Å². The smallest absolute Gasteiger partial charge is 0.238 e. The van der Waals surface area contributed by atoms with E-state index in [0.29, 0.717) is 29.5 Å². The molecule has 1 amide bonds. The number of fused-ring (bicyclic) bond motifs is 1. The van der Waals surface area contributed by atoms with Crippen LogP contribution in [0, 0.1) is 13.8 Å². The Balaban J connectivity index is 1.28. The Morgan fingerprint density at radius 2 is 2.09 bits per heavy atom. The number of hydrogen-bond acceptors (Lipinski definition) is 8. The molecule has 1 atom stereocenters. The van der Waals surface area contributed by atoms with Gasteiger partial charge in [-0.25, -0.2) is 9.97 Å². The molecular formula is C23H25N5O4. The van der Waals surface area contributed by atoms with E-state index >= 15 is 0 Å². The fourth-order valence-electron chi connectivity index (χ4n) is 4.28. The number of carbonyl (C=O) groups excluding carboxylic acids is 1. The van der Waals surface area contributed by atoms with Crippen LogP contribution in [0.15, 0.2) is 35.0 Å². The van der Waals surface area contributed by atoms with E-state index in [1.807, 2.05) is 32.2 Å². The molecule has 2 aliphatic heterocycles. The number of amides is 1. The van der Waals surface area contributed by atoms with Gasteiger partial charge in [0.2, 0.25) is 12.7 Å². The highest BCUT2D eigenvalue weighted by Crippen LogP contribution is 2.35. The molecule has 1 aromatic carbocycles. The first-order valence-corrected chi connectivity index (χ1v) is 10.7. The molecule has 2 aromatic heterocycles. The topological polar surface area (TPSA) is 103 Å². The molecule has 4 heterocycles. The van der Waals surface area contributed by atoms with Crippen LogP contribution in [-0.4, -0.2) is 52.4 Å². The molecule has 9 heteroatoms. The molecule has 0 aliphatic carbocycles. The van der Waals surface area contributed by atoms with E-state index in [1.54, 1.807) is 12.1 Å². The van der Waals surface area contributed by atoms with Gasteiger partial charge < -0.3 is 19.3 Å². The molecule has 5 rings (SSSR count). The number of likely N-dealkylation sites (tertiary alicyclic amines) is 1. The van der Waals surface area contributed by atoms with Crippen LogP contribution in [0.3, 0.4) is 0 Å². The SMILES string of the molecule is Cc1cc(-c2cnc(C)nc2[C@H]2CCCN(CC(=O)Nc3ccc4c(c3)OCO4)C2)on1. The van der Waals surface area contributed by atoms with Crippen molar-refractivity contribution in [3.05, 3.63) is 47.7 Å². The maximum Gasteiger partial charge on any atom is 0.238 e. The second-order valence-electron chi connectivity index (χ2n) is 8.24. The third-order valence-corrected chi connectivity index (χ3v) is 5.75. The molecule has 0 spiro atoms. The summed E-state index contributed by atoms with van der Waals surface area (Å²) in [6.07, 6.45) is 3.79. The standard InChI is InChI=1S/C23H25N5O4/c1-14-8-20(32-27-14)18-10-24-15(2)25-23(18)16-4-3-7-28(11-16)12-22(29)26-17-5-6-19-21(9-17)31-13-30-19/h5-6,8-10,16H,3-4,7,11-13H2,1-2H3,(H,26,29)/t16-/m0/s1. The molecule has 0 bridgehead atoms. The molecule has 1 fully saturated rings. The average molecular weight is 435 g/mol. The zero-order chi connectivity index (χ0) is 22.1. The zero-order valence-corrected chi connectivity index (χ0v) is 18.1. The molecule has 32 heavy (non-hydrogen) atoms. The highest BCUT2D eigenvalue weighted by molar-refractivity contribution is 5.92. The van der Waals surface area contributed by atoms with E-state index in [2.05, 4.69) is 20.4 Å². The van der Waals surface area contributed by atoms with Crippen molar-refractivity contribution in [1.82, 2.24) is 20.0 Å². The van der Waals surface area contributed by atoms with Crippen molar-refractivity contribution < 1.29 is 18.8 Å². The van der Waals surface area contributed by atoms with Crippen LogP contribution in [-0.2, 0) is 4.79 Å². The molecule has 9 nitrogen and oxygen atoms in total. The summed E-state index contributed by atoms with van der Waals surface area (Å²) in [5.74, 6) is 2.86. The maximum absolute atomic E-state index is 12.7. The second kappa shape index (κ2) is 8.58. The van der Waals surface area contributed by atoms with E-state index in [4.69, 9.17) is 19.0 Å². The summed E-state index contributed by atoms with van der Waals surface area (Å²) < 4.78 is 16.2. The number of carbonyl (C=O) groups is 1. The molecular weight excluding hydrogens is 410 g/mol. The molecule has 1 N–H and O–H groups in total. The number of nitrogens with zero attached hydrogens (tertiary/aromatic N) is 4. The minimum Gasteiger partial charge on any atom is -0.454 e. The first-order chi connectivity index (χ1) is 15.5. The average Bonchev–Trinajstić information content (AvgIpc) is 3.42. The van der Waals surface area contributed by atoms with Gasteiger partial charge in [-0.3, -0.25) is 9.69 Å². The van der Waals surface area contributed by atoms with Crippen molar-refractivity contribution in [2.24, 2.45) is 0 Å². The van der Waals surface area contributed by atoms with Gasteiger partial charge in [0.25, 0.3) is 0 Å². The first-order valence-electron chi connectivity index (χ1n) is 10.7. The second-order valence-corrected chi connectivity index (χ2v) is 8.24. The summed E-state index contributed by atoms with van der Waals surface area (Å²) in [6.45, 7) is 5.91. The number of ether oxygens (including phenoxy) is 2. The van der Waals surface area contributed by atoms with Gasteiger partial charge in [-0.05, 0) is 45.4 Å². The fourth-order valence-corrected chi connectivity index (χ4v) is 4.28. The van der Waals surface area contributed by atoms with Crippen molar-refractivity contribution in [3.63, 3.8) is 0 Å². The van der Waals surface area contributed by atoms with Gasteiger partial charge in [0.05, 0.1) is 23.5 Å². The van der Waals surface area contributed by atoms with Gasteiger partial charge >= 0.3 is 0 Å². The molecule has 0 unspecified atom stereocenters. The van der Waals surface area contributed by atoms with Crippen LogP contribution in [0.2, 0.25) is 0 Å². The van der Waals surface area contributed by atoms with E-state index in [1.165, 1.54) is 0 Å². The monoisotopic (exact) mass is 435 g/mol. The number of piperidine rings is 1. The highest BCUT2D eigenvalue weighted by atomic mass is 16.7. The Morgan fingerprint density at radius 3 is 2.94 bits per heavy atom. The molecule has 2 aliphatic rings. The van der Waals surface area contributed by atoms with Gasteiger partial charge in [-0.15, -0.1) is 0 Å². The van der Waals surface area contributed by atoms with Gasteiger partial charge in [0, 0.05) is 36.5 Å². The number of benzene rings is 1. The van der Waals surface area contributed by atoms with E-state index < -0.39 is 0 Å². The summed E-state index contributed by atoms with van der Waals surface area (Å²) in [5, 5.41) is 6.96. The molecule has 0 saturated carbocycles. The Hall–Kier alpha value is -3.46. The predicted octanol–water partition coefficient (Wildman–Crippen LogP) is 3.30. The summed E-state index contributed by atoms with van der Waals surface area (Å²) in [5.41, 5.74) is 3.33.